The normalized spacial score (nSPS) is 10.3. The molecule has 0 radical (unpaired) electrons. The number of hydrogen-bond donors (Lipinski definition) is 1. The molecule has 1 N–H and O–H groups in total. The predicted octanol–water partition coefficient (Wildman–Crippen LogP) is 2.42. The summed E-state index contributed by atoms with van der Waals surface area (Å²) in [7, 11) is 1.68. The summed E-state index contributed by atoms with van der Waals surface area (Å²) in [6.45, 7) is 1.85. The molecule has 0 aliphatic heterocycles. The first kappa shape index (κ1) is 12.6. The van der Waals surface area contributed by atoms with E-state index in [1.54, 1.807) is 7.11 Å². The number of methoxy groups -OCH3 is 1. The van der Waals surface area contributed by atoms with Gasteiger partial charge in [0.1, 0.15) is 5.75 Å². The van der Waals surface area contributed by atoms with Crippen molar-refractivity contribution in [2.24, 2.45) is 0 Å². The fourth-order valence-corrected chi connectivity index (χ4v) is 1.76. The van der Waals surface area contributed by atoms with Crippen molar-refractivity contribution in [1.82, 2.24) is 10.3 Å². The van der Waals surface area contributed by atoms with Crippen LogP contribution in [0.15, 0.2) is 48.8 Å². The van der Waals surface area contributed by atoms with Gasteiger partial charge in [0.25, 0.3) is 0 Å². The molecule has 0 aliphatic rings. The smallest absolute Gasteiger partial charge is 0.118 e. The Hall–Kier alpha value is -1.87. The first-order valence-electron chi connectivity index (χ1n) is 6.11. The molecule has 1 heterocycles. The van der Waals surface area contributed by atoms with Gasteiger partial charge in [0.15, 0.2) is 0 Å². The van der Waals surface area contributed by atoms with E-state index in [1.165, 1.54) is 11.1 Å². The van der Waals surface area contributed by atoms with E-state index in [2.05, 4.69) is 34.6 Å². The lowest BCUT2D eigenvalue weighted by Crippen LogP contribution is -2.16. The zero-order valence-corrected chi connectivity index (χ0v) is 10.6. The van der Waals surface area contributed by atoms with Crippen molar-refractivity contribution in [3.63, 3.8) is 0 Å². The molecular formula is C15H18N2O. The number of hydrogen-bond acceptors (Lipinski definition) is 3. The van der Waals surface area contributed by atoms with Gasteiger partial charge >= 0.3 is 0 Å². The highest BCUT2D eigenvalue weighted by Crippen LogP contribution is 2.10. The number of rotatable bonds is 6. The van der Waals surface area contributed by atoms with Crippen LogP contribution in [0.1, 0.15) is 11.1 Å². The van der Waals surface area contributed by atoms with Gasteiger partial charge in [0.05, 0.1) is 7.11 Å². The van der Waals surface area contributed by atoms with E-state index in [0.29, 0.717) is 0 Å². The van der Waals surface area contributed by atoms with Crippen LogP contribution in [0.3, 0.4) is 0 Å². The largest absolute Gasteiger partial charge is 0.497 e. The van der Waals surface area contributed by atoms with Crippen LogP contribution in [-0.4, -0.2) is 18.6 Å². The van der Waals surface area contributed by atoms with Crippen LogP contribution >= 0.6 is 0 Å². The molecule has 1 aromatic heterocycles. The maximum Gasteiger partial charge on any atom is 0.118 e. The van der Waals surface area contributed by atoms with E-state index >= 15 is 0 Å². The fraction of sp³-hybridized carbons (Fsp3) is 0.267. The van der Waals surface area contributed by atoms with Gasteiger partial charge in [0, 0.05) is 18.9 Å². The van der Waals surface area contributed by atoms with Gasteiger partial charge in [-0.15, -0.1) is 0 Å². The zero-order valence-electron chi connectivity index (χ0n) is 10.6. The second kappa shape index (κ2) is 6.77. The van der Waals surface area contributed by atoms with Gasteiger partial charge in [-0.2, -0.15) is 0 Å². The third-order valence-electron chi connectivity index (χ3n) is 2.83. The highest BCUT2D eigenvalue weighted by Gasteiger charge is 1.95. The molecule has 2 rings (SSSR count). The third-order valence-corrected chi connectivity index (χ3v) is 2.83. The summed E-state index contributed by atoms with van der Waals surface area (Å²) in [6.07, 6.45) is 4.69. The number of nitrogens with zero attached hydrogens (tertiary/aromatic N) is 1. The molecule has 1 aromatic carbocycles. The Morgan fingerprint density at radius 2 is 1.72 bits per heavy atom. The van der Waals surface area contributed by atoms with E-state index in [9.17, 15) is 0 Å². The standard InChI is InChI=1S/C15H18N2O/c1-18-15-4-2-14(3-5-15)12-17-11-8-13-6-9-16-10-7-13/h2-7,9-10,17H,8,11-12H2,1H3. The van der Waals surface area contributed by atoms with Gasteiger partial charge in [-0.1, -0.05) is 12.1 Å². The van der Waals surface area contributed by atoms with Gasteiger partial charge in [-0.25, -0.2) is 0 Å². The lowest BCUT2D eigenvalue weighted by molar-refractivity contribution is 0.414. The summed E-state index contributed by atoms with van der Waals surface area (Å²) in [6, 6.07) is 12.2. The SMILES string of the molecule is COc1ccc(CNCCc2ccncc2)cc1. The number of nitrogens with one attached hydrogen (secondary N) is 1. The summed E-state index contributed by atoms with van der Waals surface area (Å²) in [4.78, 5) is 4.01. The Morgan fingerprint density at radius 1 is 1.00 bits per heavy atom. The molecule has 0 saturated heterocycles. The monoisotopic (exact) mass is 242 g/mol. The van der Waals surface area contributed by atoms with Crippen LogP contribution in [0.25, 0.3) is 0 Å². The predicted molar refractivity (Wildman–Crippen MR) is 72.6 cm³/mol. The number of ether oxygens (including phenoxy) is 1. The summed E-state index contributed by atoms with van der Waals surface area (Å²) in [5, 5.41) is 3.43. The number of aromatic nitrogens is 1. The molecule has 0 amide bonds. The molecule has 0 atom stereocenters. The van der Waals surface area contributed by atoms with Crippen molar-refractivity contribution in [3.05, 3.63) is 59.9 Å². The average molecular weight is 242 g/mol. The zero-order chi connectivity index (χ0) is 12.6. The van der Waals surface area contributed by atoms with Crippen LogP contribution in [0.5, 0.6) is 5.75 Å². The minimum absolute atomic E-state index is 0.884. The summed E-state index contributed by atoms with van der Waals surface area (Å²) < 4.78 is 5.13. The Morgan fingerprint density at radius 3 is 2.39 bits per heavy atom. The van der Waals surface area contributed by atoms with Crippen LogP contribution in [0.2, 0.25) is 0 Å². The van der Waals surface area contributed by atoms with Crippen LogP contribution in [0.4, 0.5) is 0 Å². The molecule has 3 heteroatoms. The summed E-state index contributed by atoms with van der Waals surface area (Å²) >= 11 is 0. The maximum absolute atomic E-state index is 5.13. The molecule has 0 fully saturated rings. The molecule has 3 nitrogen and oxygen atoms in total. The molecule has 0 unspecified atom stereocenters. The lowest BCUT2D eigenvalue weighted by atomic mass is 10.2. The molecular weight excluding hydrogens is 224 g/mol. The van der Waals surface area contributed by atoms with Crippen LogP contribution in [0, 0.1) is 0 Å². The molecule has 0 saturated carbocycles. The van der Waals surface area contributed by atoms with Crippen molar-refractivity contribution in [1.29, 1.82) is 0 Å². The molecule has 2 aromatic rings. The highest BCUT2D eigenvalue weighted by atomic mass is 16.5. The molecule has 0 spiro atoms. The van der Waals surface area contributed by atoms with E-state index in [4.69, 9.17) is 4.74 Å². The van der Waals surface area contributed by atoms with Crippen molar-refractivity contribution in [3.8, 4) is 5.75 Å². The fourth-order valence-electron chi connectivity index (χ4n) is 1.76. The first-order chi connectivity index (χ1) is 8.88. The second-order valence-electron chi connectivity index (χ2n) is 4.13. The molecule has 94 valence electrons. The quantitative estimate of drug-likeness (QED) is 0.790. The maximum atomic E-state index is 5.13. The van der Waals surface area contributed by atoms with Gasteiger partial charge < -0.3 is 10.1 Å². The van der Waals surface area contributed by atoms with E-state index < -0.39 is 0 Å². The van der Waals surface area contributed by atoms with E-state index in [1.807, 2.05) is 24.5 Å². The highest BCUT2D eigenvalue weighted by molar-refractivity contribution is 5.27. The van der Waals surface area contributed by atoms with E-state index in [0.717, 1.165) is 25.3 Å². The Kier molecular flexibility index (Phi) is 4.73. The molecule has 18 heavy (non-hydrogen) atoms. The van der Waals surface area contributed by atoms with Crippen molar-refractivity contribution in [2.45, 2.75) is 13.0 Å². The first-order valence-corrected chi connectivity index (χ1v) is 6.11. The van der Waals surface area contributed by atoms with Gasteiger partial charge in [0.2, 0.25) is 0 Å². The summed E-state index contributed by atoms with van der Waals surface area (Å²) in [5.41, 5.74) is 2.58. The van der Waals surface area contributed by atoms with Gasteiger partial charge in [-0.3, -0.25) is 4.98 Å². The van der Waals surface area contributed by atoms with Crippen LogP contribution < -0.4 is 10.1 Å². The van der Waals surface area contributed by atoms with Crippen molar-refractivity contribution < 1.29 is 4.74 Å². The Labute approximate surface area is 108 Å². The minimum atomic E-state index is 0.884. The average Bonchev–Trinajstić information content (AvgIpc) is 2.45. The van der Waals surface area contributed by atoms with Gasteiger partial charge in [-0.05, 0) is 48.4 Å². The topological polar surface area (TPSA) is 34.1 Å². The van der Waals surface area contributed by atoms with Crippen molar-refractivity contribution in [2.75, 3.05) is 13.7 Å². The Balaban J connectivity index is 1.72. The Bertz CT molecular complexity index is 454. The van der Waals surface area contributed by atoms with E-state index in [-0.39, 0.29) is 0 Å². The summed E-state index contributed by atoms with van der Waals surface area (Å²) in [5.74, 6) is 0.899. The van der Waals surface area contributed by atoms with Crippen LogP contribution in [-0.2, 0) is 13.0 Å². The molecule has 0 aliphatic carbocycles. The number of pyridine rings is 1. The lowest BCUT2D eigenvalue weighted by Gasteiger charge is -2.06. The minimum Gasteiger partial charge on any atom is -0.497 e. The van der Waals surface area contributed by atoms with Crippen molar-refractivity contribution >= 4 is 0 Å². The molecule has 0 bridgehead atoms. The number of benzene rings is 1. The second-order valence-corrected chi connectivity index (χ2v) is 4.13. The third kappa shape index (κ3) is 3.86.